The van der Waals surface area contributed by atoms with E-state index in [1.165, 1.54) is 36.8 Å². The van der Waals surface area contributed by atoms with Crippen LogP contribution in [0.5, 0.6) is 0 Å². The molecule has 0 aromatic heterocycles. The molecular weight excluding hydrogens is 250 g/mol. The molecule has 3 heteroatoms. The van der Waals surface area contributed by atoms with Gasteiger partial charge in [-0.1, -0.05) is 30.7 Å². The first-order chi connectivity index (χ1) is 9.74. The van der Waals surface area contributed by atoms with Gasteiger partial charge >= 0.3 is 5.97 Å². The van der Waals surface area contributed by atoms with Gasteiger partial charge in [0.05, 0.1) is 6.54 Å². The van der Waals surface area contributed by atoms with Crippen molar-refractivity contribution in [2.45, 2.75) is 44.6 Å². The minimum Gasteiger partial charge on any atom is -0.480 e. The first-order valence-electron chi connectivity index (χ1n) is 7.77. The van der Waals surface area contributed by atoms with Crippen molar-refractivity contribution in [2.75, 3.05) is 13.1 Å². The van der Waals surface area contributed by atoms with Gasteiger partial charge in [0.15, 0.2) is 0 Å². The number of aliphatic carboxylic acids is 1. The van der Waals surface area contributed by atoms with E-state index in [1.807, 2.05) is 0 Å². The van der Waals surface area contributed by atoms with Crippen molar-refractivity contribution in [3.8, 4) is 0 Å². The molecule has 108 valence electrons. The van der Waals surface area contributed by atoms with Crippen LogP contribution < -0.4 is 0 Å². The quantitative estimate of drug-likeness (QED) is 0.837. The topological polar surface area (TPSA) is 40.5 Å². The maximum atomic E-state index is 11.2. The molecule has 1 fully saturated rings. The van der Waals surface area contributed by atoms with Gasteiger partial charge in [-0.05, 0) is 49.1 Å². The van der Waals surface area contributed by atoms with Gasteiger partial charge < -0.3 is 5.11 Å². The van der Waals surface area contributed by atoms with Crippen LogP contribution in [0.1, 0.15) is 49.3 Å². The third-order valence-electron chi connectivity index (χ3n) is 4.56. The molecule has 1 unspecified atom stereocenters. The lowest BCUT2D eigenvalue weighted by molar-refractivity contribution is -0.139. The number of rotatable bonds is 5. The van der Waals surface area contributed by atoms with E-state index in [1.54, 1.807) is 0 Å². The predicted molar refractivity (Wildman–Crippen MR) is 78.7 cm³/mol. The Labute approximate surface area is 120 Å². The molecule has 1 N–H and O–H groups in total. The van der Waals surface area contributed by atoms with Crippen LogP contribution in [0.2, 0.25) is 0 Å². The summed E-state index contributed by atoms with van der Waals surface area (Å²) in [5.74, 6) is 0.0251. The summed E-state index contributed by atoms with van der Waals surface area (Å²) in [6, 6.07) is 8.90. The lowest BCUT2D eigenvalue weighted by atomic mass is 9.97. The Morgan fingerprint density at radius 1 is 1.20 bits per heavy atom. The van der Waals surface area contributed by atoms with E-state index in [9.17, 15) is 9.90 Å². The van der Waals surface area contributed by atoms with Crippen LogP contribution in [0, 0.1) is 5.92 Å². The molecule has 0 heterocycles. The fourth-order valence-electron chi connectivity index (χ4n) is 3.38. The highest BCUT2D eigenvalue weighted by molar-refractivity contribution is 5.69. The monoisotopic (exact) mass is 273 g/mol. The van der Waals surface area contributed by atoms with Crippen LogP contribution in [0.25, 0.3) is 0 Å². The highest BCUT2D eigenvalue weighted by Gasteiger charge is 2.31. The number of carbonyl (C=O) groups is 1. The zero-order valence-electron chi connectivity index (χ0n) is 11.9. The Hall–Kier alpha value is -1.35. The number of benzene rings is 1. The summed E-state index contributed by atoms with van der Waals surface area (Å²) in [7, 11) is 0. The Bertz CT molecular complexity index is 482. The summed E-state index contributed by atoms with van der Waals surface area (Å²) in [4.78, 5) is 13.4. The maximum absolute atomic E-state index is 11.2. The van der Waals surface area contributed by atoms with Crippen molar-refractivity contribution in [1.82, 2.24) is 4.90 Å². The lowest BCUT2D eigenvalue weighted by Gasteiger charge is -2.31. The summed E-state index contributed by atoms with van der Waals surface area (Å²) >= 11 is 0. The largest absolute Gasteiger partial charge is 0.480 e. The van der Waals surface area contributed by atoms with Crippen molar-refractivity contribution in [3.63, 3.8) is 0 Å². The van der Waals surface area contributed by atoms with Crippen LogP contribution in [0.15, 0.2) is 24.3 Å². The molecule has 20 heavy (non-hydrogen) atoms. The molecule has 0 bridgehead atoms. The molecule has 1 atom stereocenters. The molecule has 2 aliphatic rings. The third kappa shape index (κ3) is 3.21. The second kappa shape index (κ2) is 5.96. The van der Waals surface area contributed by atoms with E-state index in [0.717, 1.165) is 25.3 Å². The van der Waals surface area contributed by atoms with Crippen molar-refractivity contribution in [3.05, 3.63) is 35.4 Å². The van der Waals surface area contributed by atoms with Crippen LogP contribution in [0.4, 0.5) is 0 Å². The number of hydrogen-bond donors (Lipinski definition) is 1. The molecule has 0 saturated heterocycles. The molecule has 0 radical (unpaired) electrons. The number of fused-ring (bicyclic) bond motifs is 1. The van der Waals surface area contributed by atoms with Crippen molar-refractivity contribution in [2.24, 2.45) is 5.92 Å². The average Bonchev–Trinajstić information content (AvgIpc) is 3.23. The second-order valence-electron chi connectivity index (χ2n) is 6.23. The van der Waals surface area contributed by atoms with E-state index in [0.29, 0.717) is 6.04 Å². The smallest absolute Gasteiger partial charge is 0.317 e. The maximum Gasteiger partial charge on any atom is 0.317 e. The van der Waals surface area contributed by atoms with E-state index >= 15 is 0 Å². The van der Waals surface area contributed by atoms with Gasteiger partial charge in [-0.25, -0.2) is 0 Å². The number of hydrogen-bond acceptors (Lipinski definition) is 2. The van der Waals surface area contributed by atoms with Gasteiger partial charge in [0.1, 0.15) is 0 Å². The molecule has 1 saturated carbocycles. The third-order valence-corrected chi connectivity index (χ3v) is 4.56. The number of carboxylic acid groups (broad SMARTS) is 1. The zero-order valence-corrected chi connectivity index (χ0v) is 11.9. The molecule has 0 aliphatic heterocycles. The summed E-state index contributed by atoms with van der Waals surface area (Å²) in [6.45, 7) is 1.13. The summed E-state index contributed by atoms with van der Waals surface area (Å²) in [5, 5.41) is 9.22. The van der Waals surface area contributed by atoms with Crippen molar-refractivity contribution < 1.29 is 9.90 Å². The average molecular weight is 273 g/mol. The normalized spacial score (nSPS) is 22.4. The Morgan fingerprint density at radius 3 is 2.75 bits per heavy atom. The molecule has 2 aliphatic carbocycles. The van der Waals surface area contributed by atoms with E-state index in [4.69, 9.17) is 0 Å². The molecule has 0 amide bonds. The van der Waals surface area contributed by atoms with Crippen LogP contribution in [-0.2, 0) is 11.2 Å². The van der Waals surface area contributed by atoms with Gasteiger partial charge in [0.25, 0.3) is 0 Å². The van der Waals surface area contributed by atoms with E-state index < -0.39 is 5.97 Å². The van der Waals surface area contributed by atoms with Gasteiger partial charge in [-0.3, -0.25) is 9.69 Å². The molecule has 3 rings (SSSR count). The van der Waals surface area contributed by atoms with Crippen LogP contribution in [0.3, 0.4) is 0 Å². The molecule has 1 aromatic rings. The van der Waals surface area contributed by atoms with Crippen molar-refractivity contribution >= 4 is 5.97 Å². The minimum atomic E-state index is -0.702. The second-order valence-corrected chi connectivity index (χ2v) is 6.23. The molecule has 0 spiro atoms. The van der Waals surface area contributed by atoms with Gasteiger partial charge in [-0.2, -0.15) is 0 Å². The Kier molecular flexibility index (Phi) is 4.06. The fraction of sp³-hybridized carbons (Fsp3) is 0.588. The summed E-state index contributed by atoms with van der Waals surface area (Å²) < 4.78 is 0. The Balaban J connectivity index is 1.85. The van der Waals surface area contributed by atoms with Crippen LogP contribution in [-0.4, -0.2) is 29.1 Å². The number of nitrogens with zero attached hydrogens (tertiary/aromatic N) is 1. The lowest BCUT2D eigenvalue weighted by Crippen LogP contribution is -2.35. The first-order valence-corrected chi connectivity index (χ1v) is 7.77. The highest BCUT2D eigenvalue weighted by Crippen LogP contribution is 2.37. The van der Waals surface area contributed by atoms with Gasteiger partial charge in [0.2, 0.25) is 0 Å². The molecule has 3 nitrogen and oxygen atoms in total. The Morgan fingerprint density at radius 2 is 2.00 bits per heavy atom. The van der Waals surface area contributed by atoms with Crippen LogP contribution >= 0.6 is 0 Å². The SMILES string of the molecule is O=C(O)CN(CC1CC1)C1CCCCc2ccccc21. The first kappa shape index (κ1) is 13.6. The van der Waals surface area contributed by atoms with E-state index in [2.05, 4.69) is 29.2 Å². The summed E-state index contributed by atoms with van der Waals surface area (Å²) in [5.41, 5.74) is 2.79. The highest BCUT2D eigenvalue weighted by atomic mass is 16.4. The number of carboxylic acids is 1. The minimum absolute atomic E-state index is 0.176. The summed E-state index contributed by atoms with van der Waals surface area (Å²) in [6.07, 6.45) is 7.18. The molecular formula is C17H23NO2. The zero-order chi connectivity index (χ0) is 13.9. The standard InChI is InChI=1S/C17H23NO2/c19-17(20)12-18(11-13-9-10-13)16-8-4-2-6-14-5-1-3-7-15(14)16/h1,3,5,7,13,16H,2,4,6,8-12H2,(H,19,20). The number of aryl methyl sites for hydroxylation is 1. The van der Waals surface area contributed by atoms with Gasteiger partial charge in [-0.15, -0.1) is 0 Å². The fourth-order valence-corrected chi connectivity index (χ4v) is 3.38. The predicted octanol–water partition coefficient (Wildman–Crippen LogP) is 3.25. The van der Waals surface area contributed by atoms with Gasteiger partial charge in [0, 0.05) is 12.6 Å². The molecule has 1 aromatic carbocycles. The van der Waals surface area contributed by atoms with Crippen molar-refractivity contribution in [1.29, 1.82) is 0 Å². The van der Waals surface area contributed by atoms with E-state index in [-0.39, 0.29) is 6.54 Å².